The molecule has 3 rings (SSSR count). The minimum atomic E-state index is -0.639. The predicted octanol–water partition coefficient (Wildman–Crippen LogP) is 4.87. The minimum Gasteiger partial charge on any atom is -0.334 e. The van der Waals surface area contributed by atoms with Gasteiger partial charge in [0.05, 0.1) is 9.95 Å². The predicted molar refractivity (Wildman–Crippen MR) is 103 cm³/mol. The molecule has 28 heavy (non-hydrogen) atoms. The monoisotopic (exact) mass is 401 g/mol. The van der Waals surface area contributed by atoms with Crippen LogP contribution in [0.4, 0.5) is 33.1 Å². The number of hydrogen-bond donors (Lipinski definition) is 2. The fourth-order valence-corrected chi connectivity index (χ4v) is 2.55. The van der Waals surface area contributed by atoms with Crippen LogP contribution in [0.25, 0.3) is 0 Å². The number of anilines is 4. The van der Waals surface area contributed by atoms with Gasteiger partial charge in [0, 0.05) is 16.9 Å². The Morgan fingerprint density at radius 3 is 2.18 bits per heavy atom. The summed E-state index contributed by atoms with van der Waals surface area (Å²) in [6, 6.07) is 10.2. The highest BCUT2D eigenvalue weighted by Crippen LogP contribution is 2.33. The van der Waals surface area contributed by atoms with Crippen molar-refractivity contribution >= 4 is 46.1 Å². The van der Waals surface area contributed by atoms with Crippen molar-refractivity contribution in [3.8, 4) is 0 Å². The first-order chi connectivity index (χ1) is 13.3. The lowest BCUT2D eigenvalue weighted by Crippen LogP contribution is -2.05. The highest BCUT2D eigenvalue weighted by atomic mass is 35.5. The average Bonchev–Trinajstić information content (AvgIpc) is 2.65. The van der Waals surface area contributed by atoms with Crippen LogP contribution in [0.3, 0.4) is 0 Å². The van der Waals surface area contributed by atoms with Gasteiger partial charge in [0.25, 0.3) is 0 Å². The molecule has 8 nitrogen and oxygen atoms in total. The largest absolute Gasteiger partial charge is 0.353 e. The normalized spacial score (nSPS) is 10.4. The lowest BCUT2D eigenvalue weighted by molar-refractivity contribution is -0.383. The maximum atomic E-state index is 13.3. The number of carbonyl (C=O) groups is 1. The number of hydrogen-bond acceptors (Lipinski definition) is 7. The lowest BCUT2D eigenvalue weighted by Gasteiger charge is -2.10. The fourth-order valence-electron chi connectivity index (χ4n) is 2.37. The number of Topliss-reactive ketones (excluding diaryl/α,β-unsaturated/α-hetero) is 1. The van der Waals surface area contributed by atoms with Crippen LogP contribution in [0.5, 0.6) is 0 Å². The maximum Gasteiger partial charge on any atom is 0.353 e. The molecule has 1 aromatic heterocycles. The van der Waals surface area contributed by atoms with E-state index < -0.39 is 16.4 Å². The molecule has 3 aromatic rings. The number of nitrogens with zero attached hydrogens (tertiary/aromatic N) is 3. The summed E-state index contributed by atoms with van der Waals surface area (Å²) in [7, 11) is 0. The van der Waals surface area contributed by atoms with Crippen LogP contribution in [0, 0.1) is 15.9 Å². The molecule has 0 radical (unpaired) electrons. The smallest absolute Gasteiger partial charge is 0.334 e. The Morgan fingerprint density at radius 2 is 1.64 bits per heavy atom. The molecular formula is C18H13ClFN5O3. The van der Waals surface area contributed by atoms with E-state index in [1.54, 1.807) is 24.3 Å². The van der Waals surface area contributed by atoms with Gasteiger partial charge in [-0.25, -0.2) is 14.4 Å². The molecular weight excluding hydrogens is 389 g/mol. The van der Waals surface area contributed by atoms with Gasteiger partial charge < -0.3 is 10.6 Å². The number of aromatic nitrogens is 2. The van der Waals surface area contributed by atoms with Crippen molar-refractivity contribution in [2.75, 3.05) is 10.6 Å². The van der Waals surface area contributed by atoms with E-state index in [4.69, 9.17) is 11.6 Å². The van der Waals surface area contributed by atoms with Crippen molar-refractivity contribution in [2.24, 2.45) is 0 Å². The van der Waals surface area contributed by atoms with Gasteiger partial charge in [0.2, 0.25) is 11.6 Å². The molecule has 0 atom stereocenters. The molecule has 142 valence electrons. The van der Waals surface area contributed by atoms with Crippen molar-refractivity contribution in [3.05, 3.63) is 75.3 Å². The van der Waals surface area contributed by atoms with E-state index in [1.807, 2.05) is 0 Å². The van der Waals surface area contributed by atoms with Gasteiger partial charge >= 0.3 is 5.69 Å². The van der Waals surface area contributed by atoms with Gasteiger partial charge in [-0.1, -0.05) is 11.6 Å². The lowest BCUT2D eigenvalue weighted by atomic mass is 10.1. The Hall–Kier alpha value is -3.59. The highest BCUT2D eigenvalue weighted by molar-refractivity contribution is 6.31. The zero-order valence-electron chi connectivity index (χ0n) is 14.4. The summed E-state index contributed by atoms with van der Waals surface area (Å²) in [6.45, 7) is 1.44. The summed E-state index contributed by atoms with van der Waals surface area (Å²) in [5, 5.41) is 17.0. The van der Waals surface area contributed by atoms with Crippen molar-refractivity contribution in [3.63, 3.8) is 0 Å². The van der Waals surface area contributed by atoms with E-state index in [-0.39, 0.29) is 22.4 Å². The maximum absolute atomic E-state index is 13.3. The van der Waals surface area contributed by atoms with Gasteiger partial charge in [-0.2, -0.15) is 0 Å². The van der Waals surface area contributed by atoms with Crippen LogP contribution >= 0.6 is 11.6 Å². The number of benzene rings is 2. The van der Waals surface area contributed by atoms with Crippen molar-refractivity contribution < 1.29 is 14.1 Å². The molecule has 0 saturated heterocycles. The molecule has 1 heterocycles. The molecule has 0 aliphatic carbocycles. The molecule has 0 bridgehead atoms. The van der Waals surface area contributed by atoms with E-state index in [0.29, 0.717) is 16.9 Å². The summed E-state index contributed by atoms with van der Waals surface area (Å²) in [5.74, 6) is -0.846. The van der Waals surface area contributed by atoms with Crippen LogP contribution in [0.1, 0.15) is 17.3 Å². The number of ketones is 1. The zero-order valence-corrected chi connectivity index (χ0v) is 15.2. The number of nitrogens with one attached hydrogen (secondary N) is 2. The van der Waals surface area contributed by atoms with E-state index in [0.717, 1.165) is 12.4 Å². The number of carbonyl (C=O) groups excluding carboxylic acids is 1. The molecule has 2 aromatic carbocycles. The number of halogens is 2. The summed E-state index contributed by atoms with van der Waals surface area (Å²) >= 11 is 5.74. The first kappa shape index (κ1) is 19.2. The van der Waals surface area contributed by atoms with E-state index >= 15 is 0 Å². The van der Waals surface area contributed by atoms with E-state index in [1.165, 1.54) is 19.1 Å². The third-order valence-electron chi connectivity index (χ3n) is 3.74. The van der Waals surface area contributed by atoms with Crippen molar-refractivity contribution in [1.29, 1.82) is 0 Å². The van der Waals surface area contributed by atoms with Crippen LogP contribution in [-0.4, -0.2) is 20.7 Å². The summed E-state index contributed by atoms with van der Waals surface area (Å²) in [4.78, 5) is 30.1. The van der Waals surface area contributed by atoms with E-state index in [9.17, 15) is 19.3 Å². The van der Waals surface area contributed by atoms with E-state index in [2.05, 4.69) is 20.6 Å². The Balaban J connectivity index is 1.93. The molecule has 0 aliphatic heterocycles. The topological polar surface area (TPSA) is 110 Å². The van der Waals surface area contributed by atoms with Crippen LogP contribution in [-0.2, 0) is 0 Å². The SMILES string of the molecule is CC(=O)c1ccc(Nc2ncnc(Nc3ccc(F)c(Cl)c3)c2[N+](=O)[O-])cc1. The van der Waals surface area contributed by atoms with Gasteiger partial charge in [-0.3, -0.25) is 14.9 Å². The number of rotatable bonds is 6. The van der Waals surface area contributed by atoms with Crippen LogP contribution in [0.2, 0.25) is 5.02 Å². The molecule has 0 spiro atoms. The Morgan fingerprint density at radius 1 is 1.07 bits per heavy atom. The molecule has 0 amide bonds. The van der Waals surface area contributed by atoms with Crippen molar-refractivity contribution in [2.45, 2.75) is 6.92 Å². The van der Waals surface area contributed by atoms with Gasteiger partial charge in [-0.05, 0) is 49.4 Å². The van der Waals surface area contributed by atoms with Gasteiger partial charge in [-0.15, -0.1) is 0 Å². The van der Waals surface area contributed by atoms with Crippen molar-refractivity contribution in [1.82, 2.24) is 9.97 Å². The minimum absolute atomic E-state index is 0.0497. The second-order valence-electron chi connectivity index (χ2n) is 5.69. The molecule has 2 N–H and O–H groups in total. The first-order valence-electron chi connectivity index (χ1n) is 7.94. The Bertz CT molecular complexity index is 1060. The summed E-state index contributed by atoms with van der Waals surface area (Å²) in [5.41, 5.74) is 0.935. The van der Waals surface area contributed by atoms with Gasteiger partial charge in [0.1, 0.15) is 12.1 Å². The molecule has 0 saturated carbocycles. The average molecular weight is 402 g/mol. The Kier molecular flexibility index (Phi) is 5.46. The number of nitro groups is 1. The molecule has 0 unspecified atom stereocenters. The fraction of sp³-hybridized carbons (Fsp3) is 0.0556. The first-order valence-corrected chi connectivity index (χ1v) is 8.32. The third-order valence-corrected chi connectivity index (χ3v) is 4.03. The Labute approximate surface area is 163 Å². The van der Waals surface area contributed by atoms with Crippen LogP contribution in [0.15, 0.2) is 48.8 Å². The second kappa shape index (κ2) is 7.97. The third kappa shape index (κ3) is 4.21. The summed E-state index contributed by atoms with van der Waals surface area (Å²) < 4.78 is 13.3. The quantitative estimate of drug-likeness (QED) is 0.344. The zero-order chi connectivity index (χ0) is 20.3. The highest BCUT2D eigenvalue weighted by Gasteiger charge is 2.23. The molecule has 0 fully saturated rings. The summed E-state index contributed by atoms with van der Waals surface area (Å²) in [6.07, 6.45) is 1.15. The molecule has 0 aliphatic rings. The van der Waals surface area contributed by atoms with Gasteiger partial charge in [0.15, 0.2) is 5.78 Å². The second-order valence-corrected chi connectivity index (χ2v) is 6.10. The van der Waals surface area contributed by atoms with Crippen LogP contribution < -0.4 is 10.6 Å². The molecule has 10 heteroatoms. The standard InChI is InChI=1S/C18H13ClFN5O3/c1-10(26)11-2-4-12(5-3-11)23-17-16(25(27)28)18(22-9-21-17)24-13-6-7-15(20)14(19)8-13/h2-9H,1H3,(H2,21,22,23,24).